The topological polar surface area (TPSA) is 17.1 Å². The summed E-state index contributed by atoms with van der Waals surface area (Å²) in [4.78, 5) is 10.9. The van der Waals surface area contributed by atoms with Gasteiger partial charge in [0.1, 0.15) is 0 Å². The van der Waals surface area contributed by atoms with Crippen molar-refractivity contribution >= 4 is 32.8 Å². The maximum absolute atomic E-state index is 10.9. The van der Waals surface area contributed by atoms with Gasteiger partial charge in [-0.05, 0) is 28.8 Å². The summed E-state index contributed by atoms with van der Waals surface area (Å²) in [6.45, 7) is 1.60. The number of carbonyl (C=O) groups excluding carboxylic acids is 1. The van der Waals surface area contributed by atoms with E-state index in [2.05, 4.69) is 52.3 Å². The molecule has 0 aliphatic heterocycles. The maximum Gasteiger partial charge on any atom is 0.186 e. The lowest BCUT2D eigenvalue weighted by molar-refractivity contribution is -0.109. The molecule has 0 aliphatic rings. The fourth-order valence-corrected chi connectivity index (χ4v) is 2.45. The van der Waals surface area contributed by atoms with Crippen LogP contribution in [-0.2, 0) is 10.5 Å². The van der Waals surface area contributed by atoms with Crippen molar-refractivity contribution in [3.05, 3.63) is 58.6 Å². The van der Waals surface area contributed by atoms with Crippen molar-refractivity contribution in [2.45, 2.75) is 12.7 Å². The van der Waals surface area contributed by atoms with Gasteiger partial charge in [0.15, 0.2) is 5.12 Å². The molecule has 2 aromatic carbocycles. The highest BCUT2D eigenvalue weighted by molar-refractivity contribution is 9.10. The molecule has 0 amide bonds. The van der Waals surface area contributed by atoms with Gasteiger partial charge in [0.05, 0.1) is 0 Å². The molecular weight excluding hydrogens is 308 g/mol. The van der Waals surface area contributed by atoms with Crippen LogP contribution in [0.5, 0.6) is 0 Å². The van der Waals surface area contributed by atoms with Gasteiger partial charge in [-0.15, -0.1) is 0 Å². The van der Waals surface area contributed by atoms with Gasteiger partial charge in [-0.3, -0.25) is 4.79 Å². The third-order valence-electron chi connectivity index (χ3n) is 2.57. The van der Waals surface area contributed by atoms with Crippen LogP contribution in [-0.4, -0.2) is 5.12 Å². The summed E-state index contributed by atoms with van der Waals surface area (Å²) >= 11 is 4.77. The standard InChI is InChI=1S/C15H13BrOS/c1-11(17)18-10-12-2-4-13(5-3-12)14-6-8-15(16)9-7-14/h2-9H,10H2,1H3. The smallest absolute Gasteiger partial charge is 0.186 e. The third-order valence-corrected chi connectivity index (χ3v) is 3.99. The molecule has 0 spiro atoms. The number of thioether (sulfide) groups is 1. The van der Waals surface area contributed by atoms with Gasteiger partial charge in [-0.1, -0.05) is 64.1 Å². The first kappa shape index (κ1) is 13.4. The van der Waals surface area contributed by atoms with Crippen molar-refractivity contribution in [2.24, 2.45) is 0 Å². The summed E-state index contributed by atoms with van der Waals surface area (Å²) in [6, 6.07) is 16.6. The first-order valence-electron chi connectivity index (χ1n) is 5.63. The molecule has 2 aromatic rings. The Balaban J connectivity index is 2.12. The molecule has 0 atom stereocenters. The van der Waals surface area contributed by atoms with Gasteiger partial charge >= 0.3 is 0 Å². The molecule has 18 heavy (non-hydrogen) atoms. The van der Waals surface area contributed by atoms with Crippen molar-refractivity contribution < 1.29 is 4.79 Å². The van der Waals surface area contributed by atoms with Crippen LogP contribution < -0.4 is 0 Å². The largest absolute Gasteiger partial charge is 0.288 e. The average molecular weight is 321 g/mol. The first-order valence-corrected chi connectivity index (χ1v) is 7.41. The highest BCUT2D eigenvalue weighted by Crippen LogP contribution is 2.23. The third kappa shape index (κ3) is 3.72. The Bertz CT molecular complexity index is 531. The molecule has 92 valence electrons. The average Bonchev–Trinajstić information content (AvgIpc) is 2.38. The predicted molar refractivity (Wildman–Crippen MR) is 81.6 cm³/mol. The number of benzene rings is 2. The summed E-state index contributed by atoms with van der Waals surface area (Å²) in [7, 11) is 0. The van der Waals surface area contributed by atoms with Gasteiger partial charge in [-0.25, -0.2) is 0 Å². The number of carbonyl (C=O) groups is 1. The number of hydrogen-bond acceptors (Lipinski definition) is 2. The zero-order chi connectivity index (χ0) is 13.0. The highest BCUT2D eigenvalue weighted by atomic mass is 79.9. The van der Waals surface area contributed by atoms with Crippen LogP contribution in [0, 0.1) is 0 Å². The van der Waals surface area contributed by atoms with E-state index >= 15 is 0 Å². The molecule has 0 bridgehead atoms. The Hall–Kier alpha value is -1.06. The minimum Gasteiger partial charge on any atom is -0.288 e. The van der Waals surface area contributed by atoms with Gasteiger partial charge in [0.2, 0.25) is 0 Å². The first-order chi connectivity index (χ1) is 8.65. The molecule has 0 N–H and O–H groups in total. The van der Waals surface area contributed by atoms with Crippen LogP contribution in [0.4, 0.5) is 0 Å². The van der Waals surface area contributed by atoms with Crippen molar-refractivity contribution in [2.75, 3.05) is 0 Å². The molecule has 0 unspecified atom stereocenters. The zero-order valence-electron chi connectivity index (χ0n) is 10.0. The second kappa shape index (κ2) is 6.21. The van der Waals surface area contributed by atoms with E-state index in [0.717, 1.165) is 10.2 Å². The summed E-state index contributed by atoms with van der Waals surface area (Å²) in [6.07, 6.45) is 0. The maximum atomic E-state index is 10.9. The van der Waals surface area contributed by atoms with Crippen LogP contribution in [0.2, 0.25) is 0 Å². The molecule has 0 aliphatic carbocycles. The molecule has 0 heterocycles. The normalized spacial score (nSPS) is 10.3. The van der Waals surface area contributed by atoms with Gasteiger partial charge < -0.3 is 0 Å². The molecule has 2 rings (SSSR count). The van der Waals surface area contributed by atoms with E-state index in [0.29, 0.717) is 0 Å². The minimum atomic E-state index is 0.159. The Labute approximate surface area is 120 Å². The van der Waals surface area contributed by atoms with E-state index in [4.69, 9.17) is 0 Å². The summed E-state index contributed by atoms with van der Waals surface area (Å²) in [5.41, 5.74) is 3.57. The van der Waals surface area contributed by atoms with Crippen molar-refractivity contribution in [3.8, 4) is 11.1 Å². The Morgan fingerprint density at radius 3 is 2.00 bits per heavy atom. The second-order valence-corrected chi connectivity index (χ2v) is 6.05. The second-order valence-electron chi connectivity index (χ2n) is 3.98. The van der Waals surface area contributed by atoms with Gasteiger partial charge in [-0.2, -0.15) is 0 Å². The highest BCUT2D eigenvalue weighted by Gasteiger charge is 2.00. The van der Waals surface area contributed by atoms with E-state index in [1.165, 1.54) is 28.5 Å². The molecule has 3 heteroatoms. The lowest BCUT2D eigenvalue weighted by Crippen LogP contribution is -1.86. The van der Waals surface area contributed by atoms with Crippen LogP contribution in [0.25, 0.3) is 11.1 Å². The van der Waals surface area contributed by atoms with Crippen molar-refractivity contribution in [1.82, 2.24) is 0 Å². The molecule has 0 radical (unpaired) electrons. The fraction of sp³-hybridized carbons (Fsp3) is 0.133. The Kier molecular flexibility index (Phi) is 4.61. The monoisotopic (exact) mass is 320 g/mol. The van der Waals surface area contributed by atoms with Crippen LogP contribution in [0.1, 0.15) is 12.5 Å². The van der Waals surface area contributed by atoms with Crippen molar-refractivity contribution in [3.63, 3.8) is 0 Å². The van der Waals surface area contributed by atoms with E-state index in [-0.39, 0.29) is 5.12 Å². The Morgan fingerprint density at radius 2 is 1.50 bits per heavy atom. The summed E-state index contributed by atoms with van der Waals surface area (Å²) in [5.74, 6) is 0.746. The molecule has 0 saturated carbocycles. The Morgan fingerprint density at radius 1 is 1.00 bits per heavy atom. The quantitative estimate of drug-likeness (QED) is 0.800. The SMILES string of the molecule is CC(=O)SCc1ccc(-c2ccc(Br)cc2)cc1. The predicted octanol–water partition coefficient (Wildman–Crippen LogP) is 4.90. The van der Waals surface area contributed by atoms with E-state index < -0.39 is 0 Å². The number of rotatable bonds is 3. The van der Waals surface area contributed by atoms with Crippen LogP contribution >= 0.6 is 27.7 Å². The van der Waals surface area contributed by atoms with Gasteiger partial charge in [0.25, 0.3) is 0 Å². The van der Waals surface area contributed by atoms with Crippen molar-refractivity contribution in [1.29, 1.82) is 0 Å². The van der Waals surface area contributed by atoms with Crippen LogP contribution in [0.15, 0.2) is 53.0 Å². The van der Waals surface area contributed by atoms with E-state index in [1.807, 2.05) is 12.1 Å². The number of hydrogen-bond donors (Lipinski definition) is 0. The molecule has 0 aromatic heterocycles. The summed E-state index contributed by atoms with van der Waals surface area (Å²) < 4.78 is 1.08. The van der Waals surface area contributed by atoms with E-state index in [1.54, 1.807) is 6.92 Å². The summed E-state index contributed by atoms with van der Waals surface area (Å²) in [5, 5.41) is 0.159. The van der Waals surface area contributed by atoms with Crippen LogP contribution in [0.3, 0.4) is 0 Å². The molecule has 0 saturated heterocycles. The zero-order valence-corrected chi connectivity index (χ0v) is 12.4. The van der Waals surface area contributed by atoms with E-state index in [9.17, 15) is 4.79 Å². The lowest BCUT2D eigenvalue weighted by Gasteiger charge is -2.04. The minimum absolute atomic E-state index is 0.159. The molecule has 0 fully saturated rings. The molecule has 1 nitrogen and oxygen atoms in total. The number of halogens is 1. The fourth-order valence-electron chi connectivity index (χ4n) is 1.62. The molecular formula is C15H13BrOS. The van der Waals surface area contributed by atoms with Gasteiger partial charge in [0, 0.05) is 17.1 Å². The lowest BCUT2D eigenvalue weighted by atomic mass is 10.0.